The molecule has 22 heavy (non-hydrogen) atoms. The standard InChI is InChI=1S/C15H18N2O3.C2H6/c1-4-5-9(2)11-8-17(15(20)10(11)3)12-6-7-13(18)16-14(12)19;1-2/h4-5,12H,3,6-8H2,1-2H3,(H,16,18,19);1-2H3/b5-4-,11-9-;. The van der Waals surface area contributed by atoms with E-state index in [0.29, 0.717) is 18.5 Å². The lowest BCUT2D eigenvalue weighted by molar-refractivity contribution is -0.142. The Hall–Kier alpha value is -2.17. The van der Waals surface area contributed by atoms with Crippen LogP contribution in [0.1, 0.15) is 40.5 Å². The van der Waals surface area contributed by atoms with Crippen LogP contribution >= 0.6 is 0 Å². The fourth-order valence-corrected chi connectivity index (χ4v) is 2.58. The van der Waals surface area contributed by atoms with Crippen molar-refractivity contribution in [3.63, 3.8) is 0 Å². The zero-order valence-corrected chi connectivity index (χ0v) is 13.7. The van der Waals surface area contributed by atoms with Crippen LogP contribution in [0, 0.1) is 0 Å². The topological polar surface area (TPSA) is 66.5 Å². The van der Waals surface area contributed by atoms with Gasteiger partial charge in [0.1, 0.15) is 6.04 Å². The van der Waals surface area contributed by atoms with Gasteiger partial charge in [0.2, 0.25) is 11.8 Å². The Balaban J connectivity index is 0.00000116. The van der Waals surface area contributed by atoms with Crippen molar-refractivity contribution in [3.05, 3.63) is 35.5 Å². The Morgan fingerprint density at radius 1 is 1.32 bits per heavy atom. The zero-order valence-electron chi connectivity index (χ0n) is 13.7. The van der Waals surface area contributed by atoms with Crippen molar-refractivity contribution >= 4 is 17.7 Å². The summed E-state index contributed by atoms with van der Waals surface area (Å²) in [7, 11) is 0. The number of nitrogens with zero attached hydrogens (tertiary/aromatic N) is 1. The first-order valence-electron chi connectivity index (χ1n) is 7.62. The Morgan fingerprint density at radius 2 is 1.95 bits per heavy atom. The Bertz CT molecular complexity index is 558. The van der Waals surface area contributed by atoms with Crippen molar-refractivity contribution in [3.8, 4) is 0 Å². The summed E-state index contributed by atoms with van der Waals surface area (Å²) in [5.74, 6) is -0.900. The van der Waals surface area contributed by atoms with Crippen LogP contribution < -0.4 is 5.32 Å². The maximum absolute atomic E-state index is 12.3. The molecule has 2 aliphatic rings. The summed E-state index contributed by atoms with van der Waals surface area (Å²) >= 11 is 0. The van der Waals surface area contributed by atoms with Crippen LogP contribution in [-0.2, 0) is 14.4 Å². The third-order valence-electron chi connectivity index (χ3n) is 3.69. The van der Waals surface area contributed by atoms with Crippen molar-refractivity contribution in [1.82, 2.24) is 10.2 Å². The number of carbonyl (C=O) groups is 3. The van der Waals surface area contributed by atoms with Crippen LogP contribution in [0.3, 0.4) is 0 Å². The van der Waals surface area contributed by atoms with E-state index < -0.39 is 11.9 Å². The summed E-state index contributed by atoms with van der Waals surface area (Å²) in [5, 5.41) is 2.28. The minimum Gasteiger partial charge on any atom is -0.322 e. The first kappa shape index (κ1) is 17.9. The maximum atomic E-state index is 12.3. The minimum absolute atomic E-state index is 0.224. The van der Waals surface area contributed by atoms with Crippen LogP contribution in [0.5, 0.6) is 0 Å². The van der Waals surface area contributed by atoms with Gasteiger partial charge in [0.25, 0.3) is 5.91 Å². The predicted octanol–water partition coefficient (Wildman–Crippen LogP) is 2.11. The molecule has 5 heteroatoms. The number of nitrogens with one attached hydrogen (secondary N) is 1. The second kappa shape index (κ2) is 7.73. The van der Waals surface area contributed by atoms with Gasteiger partial charge in [-0.3, -0.25) is 19.7 Å². The normalized spacial score (nSPS) is 24.4. The molecular weight excluding hydrogens is 280 g/mol. The van der Waals surface area contributed by atoms with E-state index in [1.807, 2.05) is 39.8 Å². The lowest BCUT2D eigenvalue weighted by Gasteiger charge is -2.28. The number of amides is 3. The average Bonchev–Trinajstić information content (AvgIpc) is 2.78. The first-order valence-corrected chi connectivity index (χ1v) is 7.62. The second-order valence-electron chi connectivity index (χ2n) is 5.04. The van der Waals surface area contributed by atoms with E-state index in [1.54, 1.807) is 0 Å². The molecule has 0 aromatic rings. The van der Waals surface area contributed by atoms with Crippen LogP contribution in [0.25, 0.3) is 0 Å². The van der Waals surface area contributed by atoms with Gasteiger partial charge in [-0.25, -0.2) is 0 Å². The van der Waals surface area contributed by atoms with Crippen molar-refractivity contribution in [2.75, 3.05) is 6.54 Å². The van der Waals surface area contributed by atoms with E-state index in [9.17, 15) is 14.4 Å². The molecule has 0 radical (unpaired) electrons. The summed E-state index contributed by atoms with van der Waals surface area (Å²) in [6, 6.07) is -0.576. The Kier molecular flexibility index (Phi) is 6.28. The first-order chi connectivity index (χ1) is 10.5. The molecule has 0 aliphatic carbocycles. The molecule has 0 spiro atoms. The number of piperidine rings is 1. The average molecular weight is 304 g/mol. The molecule has 0 bridgehead atoms. The Labute approximate surface area is 131 Å². The summed E-state index contributed by atoms with van der Waals surface area (Å²) in [4.78, 5) is 36.8. The lowest BCUT2D eigenvalue weighted by Crippen LogP contribution is -2.52. The van der Waals surface area contributed by atoms with Crippen molar-refractivity contribution < 1.29 is 14.4 Å². The van der Waals surface area contributed by atoms with E-state index in [2.05, 4.69) is 11.9 Å². The number of carbonyl (C=O) groups excluding carboxylic acids is 3. The smallest absolute Gasteiger partial charge is 0.254 e. The van der Waals surface area contributed by atoms with Gasteiger partial charge >= 0.3 is 0 Å². The fourth-order valence-electron chi connectivity index (χ4n) is 2.58. The van der Waals surface area contributed by atoms with Gasteiger partial charge in [-0.15, -0.1) is 0 Å². The molecule has 3 amide bonds. The Morgan fingerprint density at radius 3 is 2.50 bits per heavy atom. The number of imide groups is 1. The highest BCUT2D eigenvalue weighted by atomic mass is 16.2. The molecule has 2 heterocycles. The zero-order chi connectivity index (χ0) is 16.9. The third-order valence-corrected chi connectivity index (χ3v) is 3.69. The van der Waals surface area contributed by atoms with Crippen molar-refractivity contribution in [2.24, 2.45) is 0 Å². The second-order valence-corrected chi connectivity index (χ2v) is 5.04. The quantitative estimate of drug-likeness (QED) is 0.627. The molecular formula is C17H24N2O3. The highest BCUT2D eigenvalue weighted by molar-refractivity contribution is 6.06. The molecule has 1 atom stereocenters. The number of rotatable bonds is 2. The van der Waals surface area contributed by atoms with Crippen LogP contribution in [0.15, 0.2) is 35.5 Å². The van der Waals surface area contributed by atoms with E-state index in [4.69, 9.17) is 0 Å². The predicted molar refractivity (Wildman–Crippen MR) is 85.9 cm³/mol. The van der Waals surface area contributed by atoms with Gasteiger partial charge in [-0.1, -0.05) is 32.6 Å². The summed E-state index contributed by atoms with van der Waals surface area (Å²) in [6.45, 7) is 12.0. The van der Waals surface area contributed by atoms with Gasteiger partial charge < -0.3 is 4.90 Å². The molecule has 0 saturated carbocycles. The van der Waals surface area contributed by atoms with Gasteiger partial charge in [-0.05, 0) is 31.4 Å². The van der Waals surface area contributed by atoms with Crippen LogP contribution in [0.4, 0.5) is 0 Å². The SMILES string of the molecule is C=C1C(=O)N(C2CCC(=O)NC2=O)C/C1=C(C)/C=C\C.CC. The number of hydrogen-bond donors (Lipinski definition) is 1. The molecule has 2 saturated heterocycles. The molecule has 2 aliphatic heterocycles. The van der Waals surface area contributed by atoms with Gasteiger partial charge in [0, 0.05) is 18.5 Å². The highest BCUT2D eigenvalue weighted by Gasteiger charge is 2.40. The van der Waals surface area contributed by atoms with Gasteiger partial charge in [-0.2, -0.15) is 0 Å². The summed E-state index contributed by atoms with van der Waals surface area (Å²) < 4.78 is 0. The van der Waals surface area contributed by atoms with Gasteiger partial charge in [0.15, 0.2) is 0 Å². The molecule has 2 fully saturated rings. The van der Waals surface area contributed by atoms with Crippen molar-refractivity contribution in [1.29, 1.82) is 0 Å². The van der Waals surface area contributed by atoms with E-state index in [-0.39, 0.29) is 18.2 Å². The minimum atomic E-state index is -0.576. The molecule has 2 rings (SSSR count). The van der Waals surface area contributed by atoms with E-state index in [0.717, 1.165) is 11.1 Å². The molecule has 1 unspecified atom stereocenters. The summed E-state index contributed by atoms with van der Waals surface area (Å²) in [5.41, 5.74) is 2.27. The molecule has 0 aromatic carbocycles. The molecule has 5 nitrogen and oxygen atoms in total. The largest absolute Gasteiger partial charge is 0.322 e. The molecule has 120 valence electrons. The van der Waals surface area contributed by atoms with E-state index >= 15 is 0 Å². The number of likely N-dealkylation sites (tertiary alicyclic amines) is 1. The number of hydrogen-bond acceptors (Lipinski definition) is 3. The number of allylic oxidation sites excluding steroid dienone is 3. The lowest BCUT2D eigenvalue weighted by atomic mass is 10.0. The van der Waals surface area contributed by atoms with Crippen LogP contribution in [-0.4, -0.2) is 35.2 Å². The molecule has 0 aromatic heterocycles. The van der Waals surface area contributed by atoms with Gasteiger partial charge in [0.05, 0.1) is 0 Å². The fraction of sp³-hybridized carbons (Fsp3) is 0.471. The molecule has 1 N–H and O–H groups in total. The highest BCUT2D eigenvalue weighted by Crippen LogP contribution is 2.29. The van der Waals surface area contributed by atoms with E-state index in [1.165, 1.54) is 4.90 Å². The maximum Gasteiger partial charge on any atom is 0.254 e. The third kappa shape index (κ3) is 3.53. The summed E-state index contributed by atoms with van der Waals surface area (Å²) in [6.07, 6.45) is 4.45. The van der Waals surface area contributed by atoms with Crippen molar-refractivity contribution in [2.45, 2.75) is 46.6 Å². The van der Waals surface area contributed by atoms with Crippen LogP contribution in [0.2, 0.25) is 0 Å². The monoisotopic (exact) mass is 304 g/mol.